The number of amides is 1. The van der Waals surface area contributed by atoms with Gasteiger partial charge in [0.25, 0.3) is 0 Å². The first-order valence-corrected chi connectivity index (χ1v) is 9.54. The number of alkyl halides is 2. The second-order valence-corrected chi connectivity index (χ2v) is 7.07. The highest BCUT2D eigenvalue weighted by molar-refractivity contribution is 5.78. The fourth-order valence-corrected chi connectivity index (χ4v) is 3.49. The first-order chi connectivity index (χ1) is 14.0. The third kappa shape index (κ3) is 6.35. The molecule has 3 rings (SSSR count). The number of rotatable bonds is 9. The lowest BCUT2D eigenvalue weighted by Gasteiger charge is -2.28. The van der Waals surface area contributed by atoms with Crippen molar-refractivity contribution in [1.29, 1.82) is 0 Å². The van der Waals surface area contributed by atoms with Crippen LogP contribution < -0.4 is 15.0 Å². The first kappa shape index (κ1) is 20.9. The Labute approximate surface area is 168 Å². The van der Waals surface area contributed by atoms with Crippen LogP contribution in [0.4, 0.5) is 14.6 Å². The molecular formula is C20H25F2N5O2. The van der Waals surface area contributed by atoms with E-state index in [-0.39, 0.29) is 18.2 Å². The van der Waals surface area contributed by atoms with Gasteiger partial charge in [0.15, 0.2) is 5.82 Å². The molecule has 1 aromatic carbocycles. The van der Waals surface area contributed by atoms with Gasteiger partial charge in [0.2, 0.25) is 5.91 Å². The summed E-state index contributed by atoms with van der Waals surface area (Å²) in [4.78, 5) is 16.5. The fraction of sp³-hybridized carbons (Fsp3) is 0.450. The number of nitrogens with one attached hydrogen (secondary N) is 1. The topological polar surface area (TPSA) is 70.6 Å². The number of anilines is 1. The minimum atomic E-state index is -2.85. The van der Waals surface area contributed by atoms with E-state index in [0.717, 1.165) is 37.3 Å². The maximum atomic E-state index is 12.3. The lowest BCUT2D eigenvalue weighted by Crippen LogP contribution is -2.43. The standard InChI is InChI=1S/C20H25F2N5O2/c1-26(13-16-4-3-11-27(16)18-5-2-10-24-25-18)14-19(28)23-12-15-6-8-17(9-7-15)29-20(21)22/h2,5-10,16,20H,3-4,11-14H2,1H3,(H,23,28). The Balaban J connectivity index is 1.43. The molecular weight excluding hydrogens is 380 g/mol. The second-order valence-electron chi connectivity index (χ2n) is 7.07. The average molecular weight is 405 g/mol. The second kappa shape index (κ2) is 10.1. The summed E-state index contributed by atoms with van der Waals surface area (Å²) in [7, 11) is 1.92. The molecule has 1 atom stereocenters. The van der Waals surface area contributed by atoms with Crippen LogP contribution in [0.1, 0.15) is 18.4 Å². The monoisotopic (exact) mass is 405 g/mol. The molecule has 1 saturated heterocycles. The SMILES string of the molecule is CN(CC(=O)NCc1ccc(OC(F)F)cc1)CC1CCCN1c1cccnn1. The summed E-state index contributed by atoms with van der Waals surface area (Å²) >= 11 is 0. The molecule has 0 aliphatic carbocycles. The highest BCUT2D eigenvalue weighted by atomic mass is 19.3. The van der Waals surface area contributed by atoms with Crippen molar-refractivity contribution in [3.05, 3.63) is 48.2 Å². The van der Waals surface area contributed by atoms with Gasteiger partial charge in [0.1, 0.15) is 5.75 Å². The van der Waals surface area contributed by atoms with Crippen LogP contribution in [0, 0.1) is 0 Å². The van der Waals surface area contributed by atoms with Crippen molar-refractivity contribution in [2.24, 2.45) is 0 Å². The Morgan fingerprint density at radius 3 is 2.83 bits per heavy atom. The van der Waals surface area contributed by atoms with Gasteiger partial charge < -0.3 is 15.0 Å². The van der Waals surface area contributed by atoms with E-state index in [1.807, 2.05) is 24.1 Å². The van der Waals surface area contributed by atoms with Gasteiger partial charge in [-0.15, -0.1) is 5.10 Å². The minimum Gasteiger partial charge on any atom is -0.435 e. The highest BCUT2D eigenvalue weighted by Crippen LogP contribution is 2.23. The van der Waals surface area contributed by atoms with Crippen molar-refractivity contribution in [2.75, 3.05) is 31.6 Å². The highest BCUT2D eigenvalue weighted by Gasteiger charge is 2.27. The van der Waals surface area contributed by atoms with E-state index < -0.39 is 6.61 Å². The Kier molecular flexibility index (Phi) is 7.29. The molecule has 2 heterocycles. The van der Waals surface area contributed by atoms with Crippen LogP contribution in [-0.4, -0.2) is 60.3 Å². The molecule has 0 bridgehead atoms. The normalized spacial score (nSPS) is 16.4. The number of likely N-dealkylation sites (N-methyl/N-ethyl adjacent to an activating group) is 1. The Morgan fingerprint density at radius 1 is 1.34 bits per heavy atom. The molecule has 0 saturated carbocycles. The summed E-state index contributed by atoms with van der Waals surface area (Å²) in [6, 6.07) is 10.4. The molecule has 29 heavy (non-hydrogen) atoms. The minimum absolute atomic E-state index is 0.0931. The van der Waals surface area contributed by atoms with Gasteiger partial charge in [-0.3, -0.25) is 9.69 Å². The van der Waals surface area contributed by atoms with E-state index in [4.69, 9.17) is 0 Å². The Hall–Kier alpha value is -2.81. The van der Waals surface area contributed by atoms with Gasteiger partial charge in [-0.05, 0) is 49.7 Å². The third-order valence-electron chi connectivity index (χ3n) is 4.80. The van der Waals surface area contributed by atoms with Gasteiger partial charge >= 0.3 is 6.61 Å². The number of benzene rings is 1. The maximum Gasteiger partial charge on any atom is 0.387 e. The van der Waals surface area contributed by atoms with Crippen molar-refractivity contribution < 1.29 is 18.3 Å². The molecule has 9 heteroatoms. The predicted octanol–water partition coefficient (Wildman–Crippen LogP) is 2.29. The van der Waals surface area contributed by atoms with E-state index in [0.29, 0.717) is 12.6 Å². The number of carbonyl (C=O) groups is 1. The van der Waals surface area contributed by atoms with Crippen LogP contribution in [0.15, 0.2) is 42.6 Å². The molecule has 1 aliphatic rings. The quantitative estimate of drug-likeness (QED) is 0.690. The van der Waals surface area contributed by atoms with Gasteiger partial charge in [-0.25, -0.2) is 0 Å². The lowest BCUT2D eigenvalue weighted by atomic mass is 10.2. The number of hydrogen-bond acceptors (Lipinski definition) is 6. The number of ether oxygens (including phenoxy) is 1. The molecule has 7 nitrogen and oxygen atoms in total. The molecule has 156 valence electrons. The van der Waals surface area contributed by atoms with Crippen LogP contribution >= 0.6 is 0 Å². The largest absolute Gasteiger partial charge is 0.435 e. The van der Waals surface area contributed by atoms with Gasteiger partial charge in [-0.2, -0.15) is 13.9 Å². The number of nitrogens with zero attached hydrogens (tertiary/aromatic N) is 4. The summed E-state index contributed by atoms with van der Waals surface area (Å²) in [5, 5.41) is 11.0. The number of halogens is 2. The summed E-state index contributed by atoms with van der Waals surface area (Å²) in [5.41, 5.74) is 0.812. The molecule has 1 aliphatic heterocycles. The van der Waals surface area contributed by atoms with Crippen molar-refractivity contribution in [1.82, 2.24) is 20.4 Å². The van der Waals surface area contributed by atoms with Crippen LogP contribution in [0.3, 0.4) is 0 Å². The third-order valence-corrected chi connectivity index (χ3v) is 4.80. The summed E-state index contributed by atoms with van der Waals surface area (Å²) in [6.07, 6.45) is 3.80. The summed E-state index contributed by atoms with van der Waals surface area (Å²) in [5.74, 6) is 0.871. The smallest absolute Gasteiger partial charge is 0.387 e. The van der Waals surface area contributed by atoms with Crippen LogP contribution in [0.25, 0.3) is 0 Å². The van der Waals surface area contributed by atoms with E-state index in [9.17, 15) is 13.6 Å². The molecule has 0 radical (unpaired) electrons. The van der Waals surface area contributed by atoms with Gasteiger partial charge in [0.05, 0.1) is 6.54 Å². The summed E-state index contributed by atoms with van der Waals surface area (Å²) in [6.45, 7) is -0.548. The van der Waals surface area contributed by atoms with Gasteiger partial charge in [0, 0.05) is 31.9 Å². The molecule has 2 aromatic rings. The van der Waals surface area contributed by atoms with Gasteiger partial charge in [-0.1, -0.05) is 12.1 Å². The maximum absolute atomic E-state index is 12.3. The molecule has 1 aromatic heterocycles. The van der Waals surface area contributed by atoms with Crippen LogP contribution in [0.5, 0.6) is 5.75 Å². The van der Waals surface area contributed by atoms with Crippen molar-refractivity contribution in [3.8, 4) is 5.75 Å². The zero-order valence-corrected chi connectivity index (χ0v) is 16.3. The average Bonchev–Trinajstić information content (AvgIpc) is 3.15. The van der Waals surface area contributed by atoms with Crippen LogP contribution in [0.2, 0.25) is 0 Å². The predicted molar refractivity (Wildman–Crippen MR) is 105 cm³/mol. The van der Waals surface area contributed by atoms with Crippen molar-refractivity contribution >= 4 is 11.7 Å². The molecule has 1 fully saturated rings. The zero-order chi connectivity index (χ0) is 20.6. The Bertz CT molecular complexity index is 776. The molecule has 0 spiro atoms. The number of aromatic nitrogens is 2. The molecule has 1 unspecified atom stereocenters. The summed E-state index contributed by atoms with van der Waals surface area (Å²) < 4.78 is 28.7. The number of carbonyl (C=O) groups excluding carboxylic acids is 1. The van der Waals surface area contributed by atoms with E-state index in [1.54, 1.807) is 18.3 Å². The van der Waals surface area contributed by atoms with E-state index in [2.05, 4.69) is 25.2 Å². The van der Waals surface area contributed by atoms with E-state index in [1.165, 1.54) is 12.1 Å². The van der Waals surface area contributed by atoms with E-state index >= 15 is 0 Å². The lowest BCUT2D eigenvalue weighted by molar-refractivity contribution is -0.122. The molecule has 1 N–H and O–H groups in total. The van der Waals surface area contributed by atoms with Crippen molar-refractivity contribution in [2.45, 2.75) is 32.0 Å². The van der Waals surface area contributed by atoms with Crippen molar-refractivity contribution in [3.63, 3.8) is 0 Å². The zero-order valence-electron chi connectivity index (χ0n) is 16.3. The van der Waals surface area contributed by atoms with Crippen LogP contribution in [-0.2, 0) is 11.3 Å². The fourth-order valence-electron chi connectivity index (χ4n) is 3.49. The number of hydrogen-bond donors (Lipinski definition) is 1. The molecule has 1 amide bonds. The Morgan fingerprint density at radius 2 is 2.14 bits per heavy atom. The first-order valence-electron chi connectivity index (χ1n) is 9.54.